The first kappa shape index (κ1) is 24.5. The highest BCUT2D eigenvalue weighted by atomic mass is 35.5. The van der Waals surface area contributed by atoms with E-state index in [0.717, 1.165) is 37.1 Å². The molecule has 0 radical (unpaired) electrons. The quantitative estimate of drug-likeness (QED) is 0.501. The Hall–Kier alpha value is -3.58. The fourth-order valence-electron chi connectivity index (χ4n) is 4.59. The van der Waals surface area contributed by atoms with Crippen LogP contribution in [0.1, 0.15) is 30.0 Å². The van der Waals surface area contributed by atoms with E-state index >= 15 is 0 Å². The molecule has 7 nitrogen and oxygen atoms in total. The summed E-state index contributed by atoms with van der Waals surface area (Å²) in [7, 11) is 0. The summed E-state index contributed by atoms with van der Waals surface area (Å²) in [5.41, 5.74) is 9.11. The lowest BCUT2D eigenvalue weighted by Gasteiger charge is -2.34. The first-order chi connectivity index (χ1) is 16.9. The number of aromatic nitrogens is 1. The maximum absolute atomic E-state index is 13.6. The van der Waals surface area contributed by atoms with Crippen LogP contribution in [0.2, 0.25) is 5.02 Å². The summed E-state index contributed by atoms with van der Waals surface area (Å²) in [6.07, 6.45) is 5.54. The van der Waals surface area contributed by atoms with Crippen molar-refractivity contribution in [3.8, 4) is 0 Å². The summed E-state index contributed by atoms with van der Waals surface area (Å²) >= 11 is 6.04. The van der Waals surface area contributed by atoms with Gasteiger partial charge in [0, 0.05) is 48.4 Å². The van der Waals surface area contributed by atoms with Crippen molar-refractivity contribution in [1.82, 2.24) is 10.3 Å². The number of carbonyl (C=O) groups is 2. The molecule has 2 heterocycles. The summed E-state index contributed by atoms with van der Waals surface area (Å²) in [6.45, 7) is 4.30. The number of primary amides is 1. The van der Waals surface area contributed by atoms with Gasteiger partial charge in [0.25, 0.3) is 0 Å². The van der Waals surface area contributed by atoms with Gasteiger partial charge in [-0.2, -0.15) is 0 Å². The lowest BCUT2D eigenvalue weighted by molar-refractivity contribution is -0.122. The molecule has 1 aliphatic rings. The number of amides is 3. The summed E-state index contributed by atoms with van der Waals surface area (Å²) in [4.78, 5) is 34.0. The highest BCUT2D eigenvalue weighted by Gasteiger charge is 2.33. The van der Waals surface area contributed by atoms with E-state index in [2.05, 4.69) is 15.2 Å². The number of urea groups is 1. The van der Waals surface area contributed by atoms with Gasteiger partial charge in [0.05, 0.1) is 0 Å². The standard InChI is InChI=1S/C27H30ClN5O2/c1-19-4-2-3-5-24(19)25(33(27(29)35)23-8-6-21(28)7-9-23)26(34)31-18-20-12-16-32(17-13-20)22-10-14-30-15-11-22/h2-11,14-15,20,25H,12-13,16-18H2,1H3,(H2,29,35)(H,31,34). The summed E-state index contributed by atoms with van der Waals surface area (Å²) < 4.78 is 0. The number of nitrogens with two attached hydrogens (primary N) is 1. The van der Waals surface area contributed by atoms with Gasteiger partial charge in [0.2, 0.25) is 5.91 Å². The second-order valence-electron chi connectivity index (χ2n) is 8.82. The van der Waals surface area contributed by atoms with Crippen molar-refractivity contribution >= 4 is 34.9 Å². The molecular formula is C27H30ClN5O2. The minimum Gasteiger partial charge on any atom is -0.371 e. The molecule has 0 saturated carbocycles. The van der Waals surface area contributed by atoms with Gasteiger partial charge >= 0.3 is 6.03 Å². The molecule has 1 fully saturated rings. The molecule has 8 heteroatoms. The normalized spacial score (nSPS) is 14.9. The van der Waals surface area contributed by atoms with E-state index in [4.69, 9.17) is 17.3 Å². The fraction of sp³-hybridized carbons (Fsp3) is 0.296. The van der Waals surface area contributed by atoms with Crippen LogP contribution in [0.25, 0.3) is 0 Å². The Morgan fingerprint density at radius 3 is 2.37 bits per heavy atom. The van der Waals surface area contributed by atoms with E-state index in [1.54, 1.807) is 36.7 Å². The van der Waals surface area contributed by atoms with Crippen molar-refractivity contribution in [2.75, 3.05) is 29.4 Å². The van der Waals surface area contributed by atoms with Crippen LogP contribution in [0, 0.1) is 12.8 Å². The lowest BCUT2D eigenvalue weighted by Crippen LogP contribution is -2.48. The van der Waals surface area contributed by atoms with Crippen LogP contribution in [0.3, 0.4) is 0 Å². The molecule has 0 bridgehead atoms. The van der Waals surface area contributed by atoms with Crippen molar-refractivity contribution in [2.24, 2.45) is 11.7 Å². The van der Waals surface area contributed by atoms with Crippen LogP contribution >= 0.6 is 11.6 Å². The van der Waals surface area contributed by atoms with Gasteiger partial charge in [-0.25, -0.2) is 4.79 Å². The highest BCUT2D eigenvalue weighted by molar-refractivity contribution is 6.30. The van der Waals surface area contributed by atoms with Gasteiger partial charge in [-0.1, -0.05) is 35.9 Å². The van der Waals surface area contributed by atoms with Gasteiger partial charge in [-0.3, -0.25) is 14.7 Å². The number of carbonyl (C=O) groups excluding carboxylic acids is 2. The maximum Gasteiger partial charge on any atom is 0.320 e. The zero-order valence-electron chi connectivity index (χ0n) is 19.7. The predicted molar refractivity (Wildman–Crippen MR) is 140 cm³/mol. The molecule has 0 spiro atoms. The molecule has 3 N–H and O–H groups in total. The Kier molecular flexibility index (Phi) is 7.87. The first-order valence-electron chi connectivity index (χ1n) is 11.8. The van der Waals surface area contributed by atoms with E-state index < -0.39 is 12.1 Å². The zero-order chi connectivity index (χ0) is 24.8. The van der Waals surface area contributed by atoms with Gasteiger partial charge in [0.1, 0.15) is 6.04 Å². The van der Waals surface area contributed by atoms with Crippen molar-refractivity contribution in [3.63, 3.8) is 0 Å². The summed E-state index contributed by atoms with van der Waals surface area (Å²) in [5, 5.41) is 3.64. The number of aryl methyl sites for hydroxylation is 1. The highest BCUT2D eigenvalue weighted by Crippen LogP contribution is 2.31. The average molecular weight is 492 g/mol. The van der Waals surface area contributed by atoms with Crippen molar-refractivity contribution < 1.29 is 9.59 Å². The minimum absolute atomic E-state index is 0.260. The molecule has 1 unspecified atom stereocenters. The Morgan fingerprint density at radius 1 is 1.09 bits per heavy atom. The molecule has 0 aliphatic carbocycles. The second-order valence-corrected chi connectivity index (χ2v) is 9.26. The van der Waals surface area contributed by atoms with Crippen LogP contribution in [0.4, 0.5) is 16.2 Å². The van der Waals surface area contributed by atoms with E-state index in [0.29, 0.717) is 23.2 Å². The predicted octanol–water partition coefficient (Wildman–Crippen LogP) is 4.70. The van der Waals surface area contributed by atoms with Gasteiger partial charge in [-0.05, 0) is 73.2 Å². The van der Waals surface area contributed by atoms with E-state index in [9.17, 15) is 9.59 Å². The monoisotopic (exact) mass is 491 g/mol. The molecule has 1 saturated heterocycles. The summed E-state index contributed by atoms with van der Waals surface area (Å²) in [6, 6.07) is 16.7. The van der Waals surface area contributed by atoms with E-state index in [1.807, 2.05) is 43.3 Å². The third kappa shape index (κ3) is 5.92. The number of halogens is 1. The number of hydrogen-bond donors (Lipinski definition) is 2. The van der Waals surface area contributed by atoms with Crippen molar-refractivity contribution in [3.05, 3.63) is 89.2 Å². The molecule has 3 aromatic rings. The molecular weight excluding hydrogens is 462 g/mol. The van der Waals surface area contributed by atoms with Gasteiger partial charge in [0.15, 0.2) is 0 Å². The first-order valence-corrected chi connectivity index (χ1v) is 12.1. The number of pyridine rings is 1. The van der Waals surface area contributed by atoms with Crippen LogP contribution in [-0.2, 0) is 4.79 Å². The maximum atomic E-state index is 13.6. The van der Waals surface area contributed by atoms with Gasteiger partial charge < -0.3 is 16.0 Å². The Bertz CT molecular complexity index is 1150. The second kappa shape index (κ2) is 11.2. The number of hydrogen-bond acceptors (Lipinski definition) is 4. The fourth-order valence-corrected chi connectivity index (χ4v) is 4.71. The van der Waals surface area contributed by atoms with Crippen LogP contribution in [-0.4, -0.2) is 36.6 Å². The molecule has 35 heavy (non-hydrogen) atoms. The number of rotatable bonds is 7. The Labute approximate surface area is 210 Å². The Morgan fingerprint density at radius 2 is 1.74 bits per heavy atom. The number of anilines is 2. The zero-order valence-corrected chi connectivity index (χ0v) is 20.5. The number of nitrogens with one attached hydrogen (secondary N) is 1. The molecule has 3 amide bonds. The molecule has 1 aliphatic heterocycles. The Balaban J connectivity index is 1.50. The SMILES string of the molecule is Cc1ccccc1C(C(=O)NCC1CCN(c2ccncc2)CC1)N(C(N)=O)c1ccc(Cl)cc1. The third-order valence-electron chi connectivity index (χ3n) is 6.54. The van der Waals surface area contributed by atoms with Crippen LogP contribution in [0.5, 0.6) is 0 Å². The minimum atomic E-state index is -0.896. The lowest BCUT2D eigenvalue weighted by atomic mass is 9.95. The van der Waals surface area contributed by atoms with Gasteiger partial charge in [-0.15, -0.1) is 0 Å². The third-order valence-corrected chi connectivity index (χ3v) is 6.79. The molecule has 182 valence electrons. The number of piperidine rings is 1. The number of nitrogens with zero attached hydrogens (tertiary/aromatic N) is 3. The summed E-state index contributed by atoms with van der Waals surface area (Å²) in [5.74, 6) is 0.0942. The van der Waals surface area contributed by atoms with Crippen LogP contribution < -0.4 is 20.9 Å². The van der Waals surface area contributed by atoms with Crippen molar-refractivity contribution in [1.29, 1.82) is 0 Å². The van der Waals surface area contributed by atoms with Crippen LogP contribution in [0.15, 0.2) is 73.1 Å². The van der Waals surface area contributed by atoms with E-state index in [-0.39, 0.29) is 5.91 Å². The molecule has 2 aromatic carbocycles. The molecule has 1 aromatic heterocycles. The van der Waals surface area contributed by atoms with Crippen molar-refractivity contribution in [2.45, 2.75) is 25.8 Å². The van der Waals surface area contributed by atoms with E-state index in [1.165, 1.54) is 10.6 Å². The number of benzene rings is 2. The largest absolute Gasteiger partial charge is 0.371 e. The molecule has 4 rings (SSSR count). The topological polar surface area (TPSA) is 91.6 Å². The molecule has 1 atom stereocenters. The smallest absolute Gasteiger partial charge is 0.320 e. The average Bonchev–Trinajstić information content (AvgIpc) is 2.88.